The van der Waals surface area contributed by atoms with E-state index in [1.807, 2.05) is 20.3 Å². The molecule has 0 aliphatic carbocycles. The first-order valence-corrected chi connectivity index (χ1v) is 15.2. The maximum Gasteiger partial charge on any atom is 2.00 e. The Morgan fingerprint density at radius 1 is 0.600 bits per heavy atom. The number of esters is 2. The summed E-state index contributed by atoms with van der Waals surface area (Å²) in [6, 6.07) is 0. The molecule has 0 rings (SSSR count). The van der Waals surface area contributed by atoms with Gasteiger partial charge in [0.25, 0.3) is 11.2 Å². The average molecular weight is 982 g/mol. The molecule has 60 heavy (non-hydrogen) atoms. The maximum atomic E-state index is 12.7. The molecule has 4 N–H and O–H groups in total. The second kappa shape index (κ2) is 26.6. The number of hydrogen-bond acceptors (Lipinski definition) is 9. The largest absolute Gasteiger partial charge is 2.00 e. The molecule has 0 aromatic heterocycles. The topological polar surface area (TPSA) is 151 Å². The minimum Gasteiger partial charge on any atom is -1.00 e. The van der Waals surface area contributed by atoms with E-state index < -0.39 is 95.1 Å². The molecule has 0 aliphatic heterocycles. The van der Waals surface area contributed by atoms with Gasteiger partial charge in [0.15, 0.2) is 6.10 Å². The molecule has 356 valence electrons. The average Bonchev–Trinajstić information content (AvgIpc) is 2.99. The number of rotatable bonds is 8. The first-order chi connectivity index (χ1) is 25.1. The number of carbonyl (C=O) groups excluding carboxylic acids is 3. The zero-order valence-corrected chi connectivity index (χ0v) is 35.3. The molecule has 2 unspecified atom stereocenters. The van der Waals surface area contributed by atoms with Crippen LogP contribution in [0.4, 0.5) is 79.0 Å². The molecule has 0 fully saturated rings. The molecule has 0 aromatic carbocycles. The van der Waals surface area contributed by atoms with E-state index in [1.165, 1.54) is 0 Å². The van der Waals surface area contributed by atoms with Crippen LogP contribution in [0.3, 0.4) is 0 Å². The molecule has 2 atom stereocenters. The summed E-state index contributed by atoms with van der Waals surface area (Å²) in [5, 5.41) is 34.4. The van der Waals surface area contributed by atoms with Crippen LogP contribution < -0.4 is 12.4 Å². The second-order valence-electron chi connectivity index (χ2n) is 11.9. The van der Waals surface area contributed by atoms with Crippen molar-refractivity contribution in [3.8, 4) is 0 Å². The van der Waals surface area contributed by atoms with Crippen molar-refractivity contribution in [3.63, 3.8) is 0 Å². The van der Waals surface area contributed by atoms with Gasteiger partial charge in [-0.2, -0.15) is 92.9 Å². The van der Waals surface area contributed by atoms with Gasteiger partial charge in [0.2, 0.25) is 5.24 Å². The molecule has 0 saturated heterocycles. The molecular weight excluding hydrogens is 941 g/mol. The van der Waals surface area contributed by atoms with Crippen molar-refractivity contribution in [3.05, 3.63) is 30.7 Å². The van der Waals surface area contributed by atoms with Gasteiger partial charge >= 0.3 is 77.7 Å². The van der Waals surface area contributed by atoms with Crippen LogP contribution in [-0.2, 0) is 23.9 Å². The van der Waals surface area contributed by atoms with Crippen LogP contribution in [0.5, 0.6) is 0 Å². The van der Waals surface area contributed by atoms with Gasteiger partial charge in [-0.15, -0.1) is 0 Å². The number of aliphatic hydroxyl groups excluding tert-OH is 1. The molecule has 30 heteroatoms. The molecule has 0 bridgehead atoms. The van der Waals surface area contributed by atoms with E-state index in [0.717, 1.165) is 34.6 Å². The molecule has 0 aromatic rings. The summed E-state index contributed by atoms with van der Waals surface area (Å²) in [6.07, 6.45) is -40.2. The number of carbonyl (C=O) groups is 3. The van der Waals surface area contributed by atoms with Crippen LogP contribution in [0, 0.1) is 18.3 Å². The van der Waals surface area contributed by atoms with Crippen LogP contribution in [0.1, 0.15) is 55.4 Å². The predicted molar refractivity (Wildman–Crippen MR) is 171 cm³/mol. The van der Waals surface area contributed by atoms with Crippen molar-refractivity contribution in [1.29, 1.82) is 0 Å². The fourth-order valence-electron chi connectivity index (χ4n) is 2.92. The molecule has 0 radical (unpaired) electrons. The first-order valence-electron chi connectivity index (χ1n) is 14.8. The minimum absolute atomic E-state index is 0. The normalized spacial score (nSPS) is 13.6. The maximum absolute atomic E-state index is 12.7. The summed E-state index contributed by atoms with van der Waals surface area (Å²) in [4.78, 5) is 31.2. The molecule has 9 nitrogen and oxygen atoms in total. The van der Waals surface area contributed by atoms with Gasteiger partial charge in [-0.05, 0) is 37.3 Å². The quantitative estimate of drug-likeness (QED) is 0.0656. The summed E-state index contributed by atoms with van der Waals surface area (Å²) < 4.78 is 227. The van der Waals surface area contributed by atoms with Crippen molar-refractivity contribution >= 4 is 51.8 Å². The van der Waals surface area contributed by atoms with Gasteiger partial charge < -0.3 is 48.7 Å². The summed E-state index contributed by atoms with van der Waals surface area (Å²) in [7, 11) is 0.296. The number of ether oxygens (including phenoxy) is 2. The fraction of sp³-hybridized carbons (Fsp3) is 0.733. The molecule has 0 saturated carbocycles. The van der Waals surface area contributed by atoms with Crippen LogP contribution in [0.15, 0.2) is 24.3 Å². The second-order valence-corrected chi connectivity index (χ2v) is 12.2. The van der Waals surface area contributed by atoms with Gasteiger partial charge in [0, 0.05) is 11.1 Å². The molecule has 0 heterocycles. The Kier molecular flexibility index (Phi) is 32.1. The predicted octanol–water partition coefficient (Wildman–Crippen LogP) is 5.04. The Balaban J connectivity index is -0.000000127. The van der Waals surface area contributed by atoms with Crippen LogP contribution in [0.25, 0.3) is 0 Å². The van der Waals surface area contributed by atoms with E-state index in [4.69, 9.17) is 26.9 Å². The monoisotopic (exact) mass is 980 g/mol. The zero-order valence-electron chi connectivity index (χ0n) is 32.4. The number of hydrogen-bond donors (Lipinski definition) is 4. The standard InChI is InChI=1S/C11H14F6O3.C7H10F6O2.C5H4F6O3.C4H5ClO.C3H7.ClH.Mg/c1-5(2)7(20-8(18)6(3)4)9(19,10(12,13)14)11(15,16)17;1-3(2)4(14)5(15,6(8,9)10)7(11,12)13;1-14-2(12)3(13,4(6,7)8)5(9,10)11;1-3(2)4(5)6;1-3-2;;/h5,7,19H,3H2,1-2,4H3;3-4,14-15H,1-2H3;13H,1H3;1H2,2H3;3H,1-2H3;1H;/q;;;;-1;;+2/p-1. The molecule has 0 spiro atoms. The molecule has 0 amide bonds. The van der Waals surface area contributed by atoms with Crippen LogP contribution >= 0.6 is 11.6 Å². The fourth-order valence-corrected chi connectivity index (χ4v) is 2.92. The van der Waals surface area contributed by atoms with E-state index in [9.17, 15) is 98.5 Å². The third-order valence-corrected chi connectivity index (χ3v) is 6.35. The zero-order chi connectivity index (χ0) is 48.8. The summed E-state index contributed by atoms with van der Waals surface area (Å²) >= 11 is 4.87. The van der Waals surface area contributed by atoms with Crippen molar-refractivity contribution in [2.75, 3.05) is 7.11 Å². The summed E-state index contributed by atoms with van der Waals surface area (Å²) in [5.74, 6) is -7.10. The SMILES string of the molecule is C=C(C)C(=O)Cl.C=C(C)C(=O)OC(C(C)C)C(O)(C(F)(F)F)C(F)(F)F.CC(C)C(O)C(O)(C(F)(F)F)C(F)(F)F.COC(=O)C(O)(C(F)(F)F)C(F)(F)F.C[CH-]C.[Cl-].[Mg+2]. The summed E-state index contributed by atoms with van der Waals surface area (Å²) in [6.45, 7) is 16.7. The van der Waals surface area contributed by atoms with E-state index in [1.54, 1.807) is 6.92 Å². The first kappa shape index (κ1) is 72.5. The van der Waals surface area contributed by atoms with Gasteiger partial charge in [-0.25, -0.2) is 9.59 Å². The number of methoxy groups -OCH3 is 1. The van der Waals surface area contributed by atoms with E-state index in [0.29, 0.717) is 12.7 Å². The third-order valence-electron chi connectivity index (χ3n) is 6.02. The van der Waals surface area contributed by atoms with Crippen LogP contribution in [-0.4, -0.2) is 134 Å². The minimum atomic E-state index is -6.18. The van der Waals surface area contributed by atoms with E-state index in [2.05, 4.69) is 22.6 Å². The number of aliphatic hydroxyl groups is 4. The van der Waals surface area contributed by atoms with Crippen molar-refractivity contribution < 1.29 is 136 Å². The number of alkyl halides is 18. The molecular formula is C30H40Cl2F18MgO9. The van der Waals surface area contributed by atoms with Gasteiger partial charge in [0.05, 0.1) is 7.11 Å². The third kappa shape index (κ3) is 20.0. The van der Waals surface area contributed by atoms with Crippen molar-refractivity contribution in [2.24, 2.45) is 11.8 Å². The molecule has 0 aliphatic rings. The Morgan fingerprint density at radius 2 is 0.850 bits per heavy atom. The number of halogens is 20. The van der Waals surface area contributed by atoms with E-state index in [-0.39, 0.29) is 41.0 Å². The van der Waals surface area contributed by atoms with Gasteiger partial charge in [-0.3, -0.25) is 4.79 Å². The Hall–Kier alpha value is -1.98. The smallest absolute Gasteiger partial charge is 1.00 e. The van der Waals surface area contributed by atoms with Crippen LogP contribution in [0.2, 0.25) is 0 Å². The van der Waals surface area contributed by atoms with Gasteiger partial charge in [-0.1, -0.05) is 40.9 Å². The summed E-state index contributed by atoms with van der Waals surface area (Å²) in [5.41, 5.74) is -15.7. The Bertz CT molecular complexity index is 1270. The van der Waals surface area contributed by atoms with Crippen molar-refractivity contribution in [1.82, 2.24) is 0 Å². The Morgan fingerprint density at radius 3 is 0.950 bits per heavy atom. The van der Waals surface area contributed by atoms with Crippen molar-refractivity contribution in [2.45, 2.75) is 121 Å². The number of allylic oxidation sites excluding steroid dienone is 1. The Labute approximate surface area is 358 Å². The van der Waals surface area contributed by atoms with Gasteiger partial charge in [0.1, 0.15) is 6.10 Å². The van der Waals surface area contributed by atoms with E-state index >= 15 is 0 Å².